The SMILES string of the molecule is O=C(O)CCCC(=O)NCc1ccc([C@@H]2O[C@H](CSc3nnnn3-c3ccccc3)C[C@H](c3ccc(CO)cc3)O2)cc1. The molecule has 1 fully saturated rings. The number of carbonyl (C=O) groups is 2. The maximum absolute atomic E-state index is 12.0. The van der Waals surface area contributed by atoms with Gasteiger partial charge in [-0.3, -0.25) is 9.59 Å². The number of aliphatic hydroxyl groups is 1. The Morgan fingerprint density at radius 2 is 1.65 bits per heavy atom. The lowest BCUT2D eigenvalue weighted by Crippen LogP contribution is -2.31. The van der Waals surface area contributed by atoms with Gasteiger partial charge in [-0.15, -0.1) is 5.10 Å². The Bertz CT molecular complexity index is 1480. The maximum atomic E-state index is 12.0. The lowest BCUT2D eigenvalue weighted by Gasteiger charge is -2.36. The monoisotopic (exact) mass is 603 g/mol. The van der Waals surface area contributed by atoms with Gasteiger partial charge in [-0.2, -0.15) is 4.68 Å². The molecule has 1 aromatic heterocycles. The molecule has 3 N–H and O–H groups in total. The number of nitrogens with zero attached hydrogens (tertiary/aromatic N) is 4. The molecule has 0 saturated carbocycles. The van der Waals surface area contributed by atoms with Crippen molar-refractivity contribution in [2.75, 3.05) is 5.75 Å². The van der Waals surface area contributed by atoms with E-state index in [0.29, 0.717) is 30.3 Å². The number of aromatic nitrogens is 4. The molecule has 0 radical (unpaired) electrons. The number of aliphatic carboxylic acids is 1. The van der Waals surface area contributed by atoms with Crippen LogP contribution in [0.1, 0.15) is 60.3 Å². The fourth-order valence-electron chi connectivity index (χ4n) is 4.67. The molecule has 1 amide bonds. The van der Waals surface area contributed by atoms with Gasteiger partial charge >= 0.3 is 5.97 Å². The Balaban J connectivity index is 1.26. The number of para-hydroxylation sites is 1. The van der Waals surface area contributed by atoms with Crippen molar-refractivity contribution in [2.24, 2.45) is 0 Å². The Morgan fingerprint density at radius 3 is 2.37 bits per heavy atom. The first-order chi connectivity index (χ1) is 21.0. The van der Waals surface area contributed by atoms with Crippen molar-refractivity contribution in [3.8, 4) is 5.69 Å². The molecule has 3 atom stereocenters. The van der Waals surface area contributed by atoms with E-state index in [1.165, 1.54) is 11.8 Å². The third-order valence-corrected chi connectivity index (χ3v) is 8.04. The molecule has 1 saturated heterocycles. The number of ether oxygens (including phenoxy) is 2. The minimum Gasteiger partial charge on any atom is -0.481 e. The first-order valence-corrected chi connectivity index (χ1v) is 15.0. The molecule has 0 spiro atoms. The summed E-state index contributed by atoms with van der Waals surface area (Å²) in [6, 6.07) is 25.1. The number of benzene rings is 3. The molecule has 5 rings (SSSR count). The molecule has 43 heavy (non-hydrogen) atoms. The van der Waals surface area contributed by atoms with Crippen LogP contribution in [0.3, 0.4) is 0 Å². The van der Waals surface area contributed by atoms with E-state index < -0.39 is 12.3 Å². The smallest absolute Gasteiger partial charge is 0.303 e. The molecule has 0 unspecified atom stereocenters. The number of thioether (sulfide) groups is 1. The highest BCUT2D eigenvalue weighted by Gasteiger charge is 2.32. The van der Waals surface area contributed by atoms with Crippen LogP contribution in [0.25, 0.3) is 5.69 Å². The number of rotatable bonds is 13. The summed E-state index contributed by atoms with van der Waals surface area (Å²) in [6.07, 6.45) is 0.0588. The quantitative estimate of drug-likeness (QED) is 0.188. The third-order valence-electron chi connectivity index (χ3n) is 6.99. The van der Waals surface area contributed by atoms with E-state index in [4.69, 9.17) is 14.6 Å². The fourth-order valence-corrected chi connectivity index (χ4v) is 5.58. The number of carboxylic acid groups (broad SMARTS) is 1. The number of nitrogens with one attached hydrogen (secondary N) is 1. The highest BCUT2D eigenvalue weighted by Crippen LogP contribution is 2.39. The zero-order chi connectivity index (χ0) is 30.0. The lowest BCUT2D eigenvalue weighted by atomic mass is 10.0. The normalized spacial score (nSPS) is 18.3. The van der Waals surface area contributed by atoms with Gasteiger partial charge in [0, 0.05) is 37.1 Å². The fraction of sp³-hybridized carbons (Fsp3) is 0.323. The van der Waals surface area contributed by atoms with Gasteiger partial charge in [0.2, 0.25) is 11.1 Å². The van der Waals surface area contributed by atoms with Crippen molar-refractivity contribution in [3.05, 3.63) is 101 Å². The van der Waals surface area contributed by atoms with Crippen molar-refractivity contribution < 1.29 is 29.3 Å². The van der Waals surface area contributed by atoms with Crippen LogP contribution in [0.2, 0.25) is 0 Å². The van der Waals surface area contributed by atoms with E-state index in [2.05, 4.69) is 20.8 Å². The van der Waals surface area contributed by atoms with Gasteiger partial charge in [-0.1, -0.05) is 78.5 Å². The number of hydrogen-bond donors (Lipinski definition) is 3. The van der Waals surface area contributed by atoms with Gasteiger partial charge in [0.25, 0.3) is 0 Å². The second-order valence-corrected chi connectivity index (χ2v) is 11.1. The van der Waals surface area contributed by atoms with Gasteiger partial charge in [-0.05, 0) is 45.7 Å². The molecule has 0 aliphatic carbocycles. The largest absolute Gasteiger partial charge is 0.481 e. The number of hydrogen-bond acceptors (Lipinski definition) is 9. The van der Waals surface area contributed by atoms with Crippen molar-refractivity contribution in [1.82, 2.24) is 25.5 Å². The number of tetrazole rings is 1. The Labute approximate surface area is 253 Å². The van der Waals surface area contributed by atoms with Crippen molar-refractivity contribution in [1.29, 1.82) is 0 Å². The number of amides is 1. The highest BCUT2D eigenvalue weighted by molar-refractivity contribution is 7.99. The predicted octanol–water partition coefficient (Wildman–Crippen LogP) is 4.36. The summed E-state index contributed by atoms with van der Waals surface area (Å²) in [5.74, 6) is -0.490. The van der Waals surface area contributed by atoms with Crippen molar-refractivity contribution >= 4 is 23.6 Å². The zero-order valence-electron chi connectivity index (χ0n) is 23.4. The van der Waals surface area contributed by atoms with Crippen LogP contribution < -0.4 is 5.32 Å². The van der Waals surface area contributed by atoms with Crippen LogP contribution in [0.4, 0.5) is 0 Å². The average Bonchev–Trinajstić information content (AvgIpc) is 3.52. The van der Waals surface area contributed by atoms with Crippen LogP contribution in [0.5, 0.6) is 0 Å². The van der Waals surface area contributed by atoms with Gasteiger partial charge in [0.15, 0.2) is 6.29 Å². The van der Waals surface area contributed by atoms with Gasteiger partial charge < -0.3 is 25.0 Å². The molecule has 4 aromatic rings. The molecule has 11 nitrogen and oxygen atoms in total. The summed E-state index contributed by atoms with van der Waals surface area (Å²) < 4.78 is 14.6. The average molecular weight is 604 g/mol. The van der Waals surface area contributed by atoms with Crippen molar-refractivity contribution in [3.63, 3.8) is 0 Å². The summed E-state index contributed by atoms with van der Waals surface area (Å²) >= 11 is 1.51. The number of carboxylic acids is 1. The molecule has 1 aliphatic heterocycles. The first kappa shape index (κ1) is 30.4. The van der Waals surface area contributed by atoms with Crippen LogP contribution in [0, 0.1) is 0 Å². The molecule has 1 aliphatic rings. The van der Waals surface area contributed by atoms with E-state index in [0.717, 1.165) is 27.9 Å². The Morgan fingerprint density at radius 1 is 0.930 bits per heavy atom. The molecule has 12 heteroatoms. The number of aliphatic hydroxyl groups excluding tert-OH is 1. The van der Waals surface area contributed by atoms with Crippen LogP contribution in [-0.2, 0) is 32.2 Å². The van der Waals surface area contributed by atoms with E-state index in [1.807, 2.05) is 78.9 Å². The Kier molecular flexibility index (Phi) is 10.5. The van der Waals surface area contributed by atoms with Crippen LogP contribution in [0.15, 0.2) is 84.0 Å². The minimum absolute atomic E-state index is 0.0257. The highest BCUT2D eigenvalue weighted by atomic mass is 32.2. The van der Waals surface area contributed by atoms with Gasteiger partial charge in [0.05, 0.1) is 24.5 Å². The van der Waals surface area contributed by atoms with E-state index >= 15 is 0 Å². The molecular weight excluding hydrogens is 570 g/mol. The van der Waals surface area contributed by atoms with Gasteiger partial charge in [0.1, 0.15) is 0 Å². The third kappa shape index (κ3) is 8.48. The van der Waals surface area contributed by atoms with E-state index in [1.54, 1.807) is 4.68 Å². The van der Waals surface area contributed by atoms with E-state index in [-0.39, 0.29) is 37.6 Å². The van der Waals surface area contributed by atoms with Crippen LogP contribution in [-0.4, -0.2) is 54.2 Å². The molecule has 0 bridgehead atoms. The zero-order valence-corrected chi connectivity index (χ0v) is 24.2. The topological polar surface area (TPSA) is 149 Å². The minimum atomic E-state index is -0.909. The second-order valence-electron chi connectivity index (χ2n) is 10.1. The lowest BCUT2D eigenvalue weighted by molar-refractivity contribution is -0.245. The standard InChI is InChI=1S/C31H33N5O6S/c37-19-22-11-13-23(14-12-22)27-17-26(20-43-31-33-34-35-36(31)25-5-2-1-3-6-25)41-30(42-27)24-15-9-21(10-16-24)18-32-28(38)7-4-8-29(39)40/h1-3,5-6,9-16,26-27,30,37H,4,7-8,17-20H2,(H,32,38)(H,39,40)/t26-,27+,30+/m0/s1. The summed E-state index contributed by atoms with van der Waals surface area (Å²) in [7, 11) is 0. The summed E-state index contributed by atoms with van der Waals surface area (Å²) in [5, 5.41) is 33.9. The summed E-state index contributed by atoms with van der Waals surface area (Å²) in [6.45, 7) is 0.315. The van der Waals surface area contributed by atoms with Crippen molar-refractivity contribution in [2.45, 2.75) is 62.5 Å². The number of carbonyl (C=O) groups excluding carboxylic acids is 1. The molecular formula is C31H33N5O6S. The maximum Gasteiger partial charge on any atom is 0.303 e. The van der Waals surface area contributed by atoms with Gasteiger partial charge in [-0.25, -0.2) is 0 Å². The summed E-state index contributed by atoms with van der Waals surface area (Å²) in [5.41, 5.74) is 4.45. The summed E-state index contributed by atoms with van der Waals surface area (Å²) in [4.78, 5) is 22.7. The molecule has 224 valence electrons. The predicted molar refractivity (Wildman–Crippen MR) is 158 cm³/mol. The van der Waals surface area contributed by atoms with E-state index in [9.17, 15) is 14.7 Å². The first-order valence-electron chi connectivity index (χ1n) is 14.0. The van der Waals surface area contributed by atoms with Crippen LogP contribution >= 0.6 is 11.8 Å². The molecule has 2 heterocycles. The second kappa shape index (κ2) is 14.9. The molecule has 3 aromatic carbocycles. The Hall–Kier alpha value is -4.10.